The molecule has 0 aromatic carbocycles. The Labute approximate surface area is 85.5 Å². The van der Waals surface area contributed by atoms with Gasteiger partial charge in [-0.25, -0.2) is 0 Å². The van der Waals surface area contributed by atoms with Crippen LogP contribution in [-0.4, -0.2) is 34.3 Å². The van der Waals surface area contributed by atoms with E-state index in [1.165, 1.54) is 6.26 Å². The third kappa shape index (κ3) is 2.25. The Balaban J connectivity index is 2.00. The Morgan fingerprint density at radius 3 is 3.07 bits per heavy atom. The summed E-state index contributed by atoms with van der Waals surface area (Å²) in [5, 5.41) is 8.84. The van der Waals surface area contributed by atoms with Crippen LogP contribution in [0, 0.1) is 6.92 Å². The number of ether oxygens (including phenoxy) is 2. The molecule has 7 nitrogen and oxygen atoms in total. The number of carbonyl (C=O) groups is 1. The fourth-order valence-electron chi connectivity index (χ4n) is 1.05. The predicted molar refractivity (Wildman–Crippen MR) is 49.7 cm³/mol. The van der Waals surface area contributed by atoms with Gasteiger partial charge in [-0.05, 0) is 6.92 Å². The van der Waals surface area contributed by atoms with E-state index in [-0.39, 0.29) is 11.7 Å². The molecule has 1 aromatic rings. The molecule has 7 heteroatoms. The Bertz CT molecular complexity index is 398. The molecule has 15 heavy (non-hydrogen) atoms. The number of hydrogen-bond donors (Lipinski definition) is 2. The summed E-state index contributed by atoms with van der Waals surface area (Å²) in [5.41, 5.74) is 0. The SMILES string of the molecule is Cc1nc(NC(=O)C2=COCCO2)n[nH]1. The van der Waals surface area contributed by atoms with Crippen molar-refractivity contribution in [1.82, 2.24) is 15.2 Å². The molecule has 0 unspecified atom stereocenters. The number of amides is 1. The van der Waals surface area contributed by atoms with Crippen molar-refractivity contribution in [3.8, 4) is 0 Å². The summed E-state index contributed by atoms with van der Waals surface area (Å²) < 4.78 is 10.0. The van der Waals surface area contributed by atoms with Crippen LogP contribution >= 0.6 is 0 Å². The average Bonchev–Trinajstić information content (AvgIpc) is 2.65. The predicted octanol–water partition coefficient (Wildman–Crippen LogP) is -0.0602. The Kier molecular flexibility index (Phi) is 2.53. The van der Waals surface area contributed by atoms with Gasteiger partial charge >= 0.3 is 0 Å². The Morgan fingerprint density at radius 1 is 1.60 bits per heavy atom. The van der Waals surface area contributed by atoms with Crippen molar-refractivity contribution in [3.05, 3.63) is 17.8 Å². The average molecular weight is 210 g/mol. The molecule has 1 amide bonds. The topological polar surface area (TPSA) is 89.1 Å². The normalized spacial score (nSPS) is 14.9. The third-order valence-corrected chi connectivity index (χ3v) is 1.70. The van der Waals surface area contributed by atoms with Crippen molar-refractivity contribution in [2.24, 2.45) is 0 Å². The lowest BCUT2D eigenvalue weighted by atomic mass is 10.5. The first-order chi connectivity index (χ1) is 7.25. The molecular formula is C8H10N4O3. The molecule has 0 aliphatic carbocycles. The first-order valence-electron chi connectivity index (χ1n) is 4.40. The molecule has 1 aliphatic rings. The van der Waals surface area contributed by atoms with Gasteiger partial charge in [-0.1, -0.05) is 0 Å². The van der Waals surface area contributed by atoms with Crippen molar-refractivity contribution >= 4 is 11.9 Å². The molecule has 1 aromatic heterocycles. The lowest BCUT2D eigenvalue weighted by molar-refractivity contribution is -0.117. The van der Waals surface area contributed by atoms with Crippen LogP contribution in [-0.2, 0) is 14.3 Å². The fraction of sp³-hybridized carbons (Fsp3) is 0.375. The maximum Gasteiger partial charge on any atom is 0.296 e. The lowest BCUT2D eigenvalue weighted by Gasteiger charge is -2.13. The van der Waals surface area contributed by atoms with Crippen molar-refractivity contribution in [2.45, 2.75) is 6.92 Å². The Hall–Kier alpha value is -2.05. The van der Waals surface area contributed by atoms with Crippen LogP contribution < -0.4 is 5.32 Å². The molecule has 0 fully saturated rings. The highest BCUT2D eigenvalue weighted by molar-refractivity contribution is 6.01. The summed E-state index contributed by atoms with van der Waals surface area (Å²) in [5.74, 6) is 0.546. The summed E-state index contributed by atoms with van der Waals surface area (Å²) in [6.07, 6.45) is 1.28. The number of carbonyl (C=O) groups excluding carboxylic acids is 1. The van der Waals surface area contributed by atoms with Crippen molar-refractivity contribution < 1.29 is 14.3 Å². The second-order valence-corrected chi connectivity index (χ2v) is 2.90. The van der Waals surface area contributed by atoms with E-state index in [0.717, 1.165) is 0 Å². The van der Waals surface area contributed by atoms with Gasteiger partial charge in [0.25, 0.3) is 5.91 Å². The fourth-order valence-corrected chi connectivity index (χ4v) is 1.05. The van der Waals surface area contributed by atoms with E-state index in [1.807, 2.05) is 0 Å². The zero-order valence-electron chi connectivity index (χ0n) is 8.11. The second-order valence-electron chi connectivity index (χ2n) is 2.90. The van der Waals surface area contributed by atoms with Gasteiger partial charge in [0.05, 0.1) is 0 Å². The van der Waals surface area contributed by atoms with Gasteiger partial charge in [0.15, 0.2) is 0 Å². The van der Waals surface area contributed by atoms with Crippen LogP contribution in [0.3, 0.4) is 0 Å². The maximum absolute atomic E-state index is 11.5. The number of hydrogen-bond acceptors (Lipinski definition) is 5. The molecule has 0 saturated heterocycles. The molecular weight excluding hydrogens is 200 g/mol. The van der Waals surface area contributed by atoms with Crippen LogP contribution in [0.15, 0.2) is 12.0 Å². The number of aromatic amines is 1. The third-order valence-electron chi connectivity index (χ3n) is 1.70. The molecule has 0 radical (unpaired) electrons. The molecule has 1 aliphatic heterocycles. The number of rotatable bonds is 2. The van der Waals surface area contributed by atoms with E-state index in [4.69, 9.17) is 9.47 Å². The van der Waals surface area contributed by atoms with E-state index in [1.54, 1.807) is 6.92 Å². The zero-order chi connectivity index (χ0) is 10.7. The molecule has 2 N–H and O–H groups in total. The maximum atomic E-state index is 11.5. The largest absolute Gasteiger partial charge is 0.494 e. The number of anilines is 1. The van der Waals surface area contributed by atoms with Gasteiger partial charge in [-0.15, -0.1) is 5.10 Å². The van der Waals surface area contributed by atoms with Gasteiger partial charge in [0.2, 0.25) is 11.7 Å². The minimum Gasteiger partial charge on any atom is -0.494 e. The molecule has 0 atom stereocenters. The number of aryl methyl sites for hydroxylation is 1. The van der Waals surface area contributed by atoms with Gasteiger partial charge < -0.3 is 9.47 Å². The number of H-pyrrole nitrogens is 1. The number of nitrogens with one attached hydrogen (secondary N) is 2. The van der Waals surface area contributed by atoms with Crippen molar-refractivity contribution in [3.63, 3.8) is 0 Å². The summed E-state index contributed by atoms with van der Waals surface area (Å²) in [7, 11) is 0. The first kappa shape index (κ1) is 9.50. The van der Waals surface area contributed by atoms with Crippen molar-refractivity contribution in [2.75, 3.05) is 18.5 Å². The van der Waals surface area contributed by atoms with Crippen LogP contribution in [0.4, 0.5) is 5.95 Å². The minimum atomic E-state index is -0.422. The van der Waals surface area contributed by atoms with Crippen LogP contribution in [0.5, 0.6) is 0 Å². The highest BCUT2D eigenvalue weighted by atomic mass is 16.6. The van der Waals surface area contributed by atoms with E-state index >= 15 is 0 Å². The van der Waals surface area contributed by atoms with Crippen LogP contribution in [0.2, 0.25) is 0 Å². The second kappa shape index (κ2) is 3.99. The van der Waals surface area contributed by atoms with Crippen molar-refractivity contribution in [1.29, 1.82) is 0 Å². The van der Waals surface area contributed by atoms with Gasteiger partial charge in [-0.3, -0.25) is 15.2 Å². The molecule has 0 spiro atoms. The van der Waals surface area contributed by atoms with E-state index in [9.17, 15) is 4.79 Å². The highest BCUT2D eigenvalue weighted by Crippen LogP contribution is 2.07. The Morgan fingerprint density at radius 2 is 2.47 bits per heavy atom. The van der Waals surface area contributed by atoms with Crippen LogP contribution in [0.1, 0.15) is 5.82 Å². The van der Waals surface area contributed by atoms with Gasteiger partial charge in [-0.2, -0.15) is 4.98 Å². The minimum absolute atomic E-state index is 0.128. The molecule has 2 rings (SSSR count). The van der Waals surface area contributed by atoms with E-state index in [0.29, 0.717) is 19.0 Å². The quantitative estimate of drug-likeness (QED) is 0.713. The molecule has 0 bridgehead atoms. The highest BCUT2D eigenvalue weighted by Gasteiger charge is 2.16. The smallest absolute Gasteiger partial charge is 0.296 e. The summed E-state index contributed by atoms with van der Waals surface area (Å²) in [4.78, 5) is 15.4. The molecule has 0 saturated carbocycles. The molecule has 80 valence electrons. The summed E-state index contributed by atoms with van der Waals surface area (Å²) in [6.45, 7) is 2.56. The monoisotopic (exact) mass is 210 g/mol. The summed E-state index contributed by atoms with van der Waals surface area (Å²) >= 11 is 0. The first-order valence-corrected chi connectivity index (χ1v) is 4.40. The standard InChI is InChI=1S/C8H10N4O3/c1-5-9-8(12-11-5)10-7(13)6-4-14-2-3-15-6/h4H,2-3H2,1H3,(H2,9,10,11,12,13). The van der Waals surface area contributed by atoms with Gasteiger partial charge in [0.1, 0.15) is 25.3 Å². The zero-order valence-corrected chi connectivity index (χ0v) is 8.11. The van der Waals surface area contributed by atoms with E-state index in [2.05, 4.69) is 20.5 Å². The lowest BCUT2D eigenvalue weighted by Crippen LogP contribution is -2.21. The van der Waals surface area contributed by atoms with Crippen LogP contribution in [0.25, 0.3) is 0 Å². The number of nitrogens with zero attached hydrogens (tertiary/aromatic N) is 2. The van der Waals surface area contributed by atoms with E-state index < -0.39 is 5.91 Å². The number of aromatic nitrogens is 3. The summed E-state index contributed by atoms with van der Waals surface area (Å²) in [6, 6.07) is 0. The van der Waals surface area contributed by atoms with Gasteiger partial charge in [0, 0.05) is 0 Å². The molecule has 2 heterocycles.